The van der Waals surface area contributed by atoms with E-state index in [1.54, 1.807) is 0 Å². The molecule has 0 radical (unpaired) electrons. The van der Waals surface area contributed by atoms with Gasteiger partial charge in [0.05, 0.1) is 27.4 Å². The van der Waals surface area contributed by atoms with Crippen molar-refractivity contribution in [2.24, 2.45) is 0 Å². The van der Waals surface area contributed by atoms with Crippen LogP contribution in [-0.4, -0.2) is 39.7 Å². The average Bonchev–Trinajstić information content (AvgIpc) is 2.16. The van der Waals surface area contributed by atoms with Gasteiger partial charge in [0.2, 0.25) is 0 Å². The predicted octanol–water partition coefficient (Wildman–Crippen LogP) is 0.943. The molecule has 0 heterocycles. The van der Waals surface area contributed by atoms with Crippen LogP contribution in [0.3, 0.4) is 0 Å². The summed E-state index contributed by atoms with van der Waals surface area (Å²) in [5.41, 5.74) is 0. The summed E-state index contributed by atoms with van der Waals surface area (Å²) >= 11 is 0. The first-order valence-corrected chi connectivity index (χ1v) is 3.62. The summed E-state index contributed by atoms with van der Waals surface area (Å²) in [6.45, 7) is 0.285. The van der Waals surface area contributed by atoms with Crippen molar-refractivity contribution in [3.05, 3.63) is 0 Å². The fourth-order valence-electron chi connectivity index (χ4n) is 0.488. The summed E-state index contributed by atoms with van der Waals surface area (Å²) in [5, 5.41) is 0. The molecule has 0 amide bonds. The number of hydrogen-bond acceptors (Lipinski definition) is 6. The van der Waals surface area contributed by atoms with Crippen molar-refractivity contribution in [1.82, 2.24) is 0 Å². The molecule has 0 saturated heterocycles. The summed E-state index contributed by atoms with van der Waals surface area (Å²) in [7, 11) is 2.43. The van der Waals surface area contributed by atoms with Crippen molar-refractivity contribution >= 4 is 12.3 Å². The molecule has 0 spiro atoms. The minimum Gasteiger partial charge on any atom is -0.438 e. The van der Waals surface area contributed by atoms with Gasteiger partial charge in [-0.2, -0.15) is 0 Å². The normalized spacial score (nSPS) is 8.77. The summed E-state index contributed by atoms with van der Waals surface area (Å²) in [4.78, 5) is 20.8. The van der Waals surface area contributed by atoms with Crippen LogP contribution < -0.4 is 0 Å². The maximum Gasteiger partial charge on any atom is 0.507 e. The Morgan fingerprint density at radius 3 is 1.62 bits per heavy atom. The first kappa shape index (κ1) is 11.5. The zero-order valence-electron chi connectivity index (χ0n) is 7.57. The molecule has 0 aromatic carbocycles. The first-order chi connectivity index (χ1) is 6.20. The smallest absolute Gasteiger partial charge is 0.438 e. The lowest BCUT2D eigenvalue weighted by Crippen LogP contribution is -2.10. The molecule has 0 aliphatic heterocycles. The van der Waals surface area contributed by atoms with Crippen LogP contribution in [0, 0.1) is 0 Å². The lowest BCUT2D eigenvalue weighted by Gasteiger charge is -2.03. The van der Waals surface area contributed by atoms with Crippen molar-refractivity contribution in [2.75, 3.05) is 27.4 Å². The van der Waals surface area contributed by atoms with E-state index >= 15 is 0 Å². The summed E-state index contributed by atoms with van der Waals surface area (Å²) < 4.78 is 17.4. The maximum atomic E-state index is 10.4. The van der Waals surface area contributed by atoms with Crippen LogP contribution in [0.15, 0.2) is 0 Å². The van der Waals surface area contributed by atoms with E-state index in [0.29, 0.717) is 6.42 Å². The molecule has 0 saturated carbocycles. The molecule has 0 aromatic heterocycles. The monoisotopic (exact) mass is 192 g/mol. The Morgan fingerprint density at radius 2 is 1.31 bits per heavy atom. The van der Waals surface area contributed by atoms with Crippen LogP contribution in [0.25, 0.3) is 0 Å². The molecule has 0 aliphatic carbocycles. The second-order valence-electron chi connectivity index (χ2n) is 1.96. The highest BCUT2D eigenvalue weighted by molar-refractivity contribution is 5.59. The molecule has 0 N–H and O–H groups in total. The third-order valence-electron chi connectivity index (χ3n) is 1.06. The van der Waals surface area contributed by atoms with Crippen LogP contribution >= 0.6 is 0 Å². The van der Waals surface area contributed by atoms with Gasteiger partial charge in [-0.1, -0.05) is 0 Å². The number of hydrogen-bond donors (Lipinski definition) is 0. The molecular formula is C7H12O6. The molecule has 0 aromatic rings. The first-order valence-electron chi connectivity index (χ1n) is 3.62. The van der Waals surface area contributed by atoms with E-state index in [2.05, 4.69) is 18.9 Å². The van der Waals surface area contributed by atoms with E-state index in [1.165, 1.54) is 14.2 Å². The van der Waals surface area contributed by atoms with E-state index in [4.69, 9.17) is 0 Å². The molecule has 0 bridgehead atoms. The van der Waals surface area contributed by atoms with Crippen LogP contribution in [0.5, 0.6) is 0 Å². The number of carbonyl (C=O) groups excluding carboxylic acids is 2. The highest BCUT2D eigenvalue weighted by Gasteiger charge is 2.01. The Balaban J connectivity index is 3.17. The van der Waals surface area contributed by atoms with Gasteiger partial charge >= 0.3 is 12.3 Å². The van der Waals surface area contributed by atoms with Gasteiger partial charge in [0.1, 0.15) is 0 Å². The molecule has 76 valence electrons. The van der Waals surface area contributed by atoms with E-state index in [0.717, 1.165) is 0 Å². The Morgan fingerprint density at radius 1 is 0.923 bits per heavy atom. The predicted molar refractivity (Wildman–Crippen MR) is 41.3 cm³/mol. The Kier molecular flexibility index (Phi) is 6.39. The van der Waals surface area contributed by atoms with E-state index in [9.17, 15) is 9.59 Å². The number of methoxy groups -OCH3 is 2. The SMILES string of the molecule is COC(=O)OCCCOC(=O)OC. The summed E-state index contributed by atoms with van der Waals surface area (Å²) in [6, 6.07) is 0. The maximum absolute atomic E-state index is 10.4. The standard InChI is InChI=1S/C7H12O6/c1-10-6(8)12-4-3-5-13-7(9)11-2/h3-5H2,1-2H3. The highest BCUT2D eigenvalue weighted by Crippen LogP contribution is 1.89. The van der Waals surface area contributed by atoms with E-state index < -0.39 is 12.3 Å². The third-order valence-corrected chi connectivity index (χ3v) is 1.06. The Hall–Kier alpha value is -1.46. The van der Waals surface area contributed by atoms with Gasteiger partial charge in [0.25, 0.3) is 0 Å². The van der Waals surface area contributed by atoms with Crippen LogP contribution in [0.4, 0.5) is 9.59 Å². The molecule has 6 heteroatoms. The van der Waals surface area contributed by atoms with Crippen LogP contribution in [0.2, 0.25) is 0 Å². The summed E-state index contributed by atoms with van der Waals surface area (Å²) in [5.74, 6) is 0. The Bertz CT molecular complexity index is 148. The van der Waals surface area contributed by atoms with Gasteiger partial charge in [0, 0.05) is 6.42 Å². The van der Waals surface area contributed by atoms with Gasteiger partial charge in [-0.3, -0.25) is 0 Å². The average molecular weight is 192 g/mol. The van der Waals surface area contributed by atoms with Crippen LogP contribution in [-0.2, 0) is 18.9 Å². The van der Waals surface area contributed by atoms with Crippen molar-refractivity contribution in [1.29, 1.82) is 0 Å². The molecule has 0 aliphatic rings. The topological polar surface area (TPSA) is 71.1 Å². The van der Waals surface area contributed by atoms with E-state index in [-0.39, 0.29) is 13.2 Å². The lowest BCUT2D eigenvalue weighted by atomic mass is 10.5. The van der Waals surface area contributed by atoms with Crippen molar-refractivity contribution in [2.45, 2.75) is 6.42 Å². The van der Waals surface area contributed by atoms with Crippen molar-refractivity contribution in [3.63, 3.8) is 0 Å². The van der Waals surface area contributed by atoms with Crippen molar-refractivity contribution in [3.8, 4) is 0 Å². The van der Waals surface area contributed by atoms with Gasteiger partial charge in [-0.05, 0) is 0 Å². The quantitative estimate of drug-likeness (QED) is 0.487. The fourth-order valence-corrected chi connectivity index (χ4v) is 0.488. The fraction of sp³-hybridized carbons (Fsp3) is 0.714. The molecule has 0 atom stereocenters. The number of carbonyl (C=O) groups is 2. The lowest BCUT2D eigenvalue weighted by molar-refractivity contribution is 0.0521. The van der Waals surface area contributed by atoms with E-state index in [1.807, 2.05) is 0 Å². The van der Waals surface area contributed by atoms with Gasteiger partial charge in [-0.25, -0.2) is 9.59 Å². The molecule has 0 unspecified atom stereocenters. The molecular weight excluding hydrogens is 180 g/mol. The van der Waals surface area contributed by atoms with Gasteiger partial charge in [0.15, 0.2) is 0 Å². The molecule has 0 fully saturated rings. The minimum absolute atomic E-state index is 0.143. The highest BCUT2D eigenvalue weighted by atomic mass is 16.7. The zero-order chi connectivity index (χ0) is 10.1. The largest absolute Gasteiger partial charge is 0.507 e. The van der Waals surface area contributed by atoms with Crippen LogP contribution in [0.1, 0.15) is 6.42 Å². The minimum atomic E-state index is -0.752. The van der Waals surface area contributed by atoms with Gasteiger partial charge in [-0.15, -0.1) is 0 Å². The van der Waals surface area contributed by atoms with Gasteiger partial charge < -0.3 is 18.9 Å². The Labute approximate surface area is 75.7 Å². The summed E-state index contributed by atoms with van der Waals surface area (Å²) in [6.07, 6.45) is -1.10. The second-order valence-corrected chi connectivity index (χ2v) is 1.96. The molecule has 0 rings (SSSR count). The molecule has 6 nitrogen and oxygen atoms in total. The number of rotatable bonds is 4. The second kappa shape index (κ2) is 7.20. The number of ether oxygens (including phenoxy) is 4. The van der Waals surface area contributed by atoms with Crippen molar-refractivity contribution < 1.29 is 28.5 Å². The zero-order valence-corrected chi connectivity index (χ0v) is 7.57. The molecule has 13 heavy (non-hydrogen) atoms. The third kappa shape index (κ3) is 6.92.